The summed E-state index contributed by atoms with van der Waals surface area (Å²) in [4.78, 5) is 0. The largest absolute Gasteiger partial charge is 0.466 e. The molecular weight excluding hydrogens is 308 g/mol. The summed E-state index contributed by atoms with van der Waals surface area (Å²) in [5, 5.41) is 3.21. The van der Waals surface area contributed by atoms with Crippen molar-refractivity contribution in [1.29, 1.82) is 0 Å². The molecule has 0 aliphatic heterocycles. The van der Waals surface area contributed by atoms with Crippen molar-refractivity contribution in [2.45, 2.75) is 6.04 Å². The molecule has 1 N–H and O–H groups in total. The van der Waals surface area contributed by atoms with Gasteiger partial charge in [-0.2, -0.15) is 0 Å². The molecule has 0 saturated heterocycles. The standard InChI is InChI=1S/C12H10BrClFNO/c1-16-11(12-8(13)4-5-17-12)7-2-3-10(15)9(14)6-7/h2-6,11,16H,1H3. The lowest BCUT2D eigenvalue weighted by molar-refractivity contribution is 0.460. The van der Waals surface area contributed by atoms with Gasteiger partial charge in [0.05, 0.1) is 21.8 Å². The van der Waals surface area contributed by atoms with Gasteiger partial charge in [-0.05, 0) is 46.7 Å². The fourth-order valence-corrected chi connectivity index (χ4v) is 2.27. The Morgan fingerprint density at radius 1 is 1.41 bits per heavy atom. The first-order chi connectivity index (χ1) is 8.13. The Kier molecular flexibility index (Phi) is 3.86. The highest BCUT2D eigenvalue weighted by Crippen LogP contribution is 2.30. The lowest BCUT2D eigenvalue weighted by Gasteiger charge is -2.15. The highest BCUT2D eigenvalue weighted by molar-refractivity contribution is 9.10. The van der Waals surface area contributed by atoms with Gasteiger partial charge in [0.25, 0.3) is 0 Å². The van der Waals surface area contributed by atoms with E-state index in [1.54, 1.807) is 25.4 Å². The molecule has 2 nitrogen and oxygen atoms in total. The van der Waals surface area contributed by atoms with E-state index in [0.717, 1.165) is 15.8 Å². The molecule has 0 saturated carbocycles. The third-order valence-corrected chi connectivity index (χ3v) is 3.42. The van der Waals surface area contributed by atoms with E-state index in [1.165, 1.54) is 6.07 Å². The molecule has 0 spiro atoms. The van der Waals surface area contributed by atoms with Gasteiger partial charge in [-0.1, -0.05) is 17.7 Å². The van der Waals surface area contributed by atoms with Crippen molar-refractivity contribution in [2.24, 2.45) is 0 Å². The van der Waals surface area contributed by atoms with E-state index in [0.29, 0.717) is 0 Å². The van der Waals surface area contributed by atoms with Gasteiger partial charge in [0, 0.05) is 0 Å². The smallest absolute Gasteiger partial charge is 0.141 e. The number of nitrogens with one attached hydrogen (secondary N) is 1. The van der Waals surface area contributed by atoms with Crippen LogP contribution in [0.3, 0.4) is 0 Å². The average Bonchev–Trinajstić information content (AvgIpc) is 2.71. The van der Waals surface area contributed by atoms with Gasteiger partial charge < -0.3 is 9.73 Å². The van der Waals surface area contributed by atoms with E-state index in [2.05, 4.69) is 21.2 Å². The summed E-state index contributed by atoms with van der Waals surface area (Å²) in [6.07, 6.45) is 1.59. The number of benzene rings is 1. The molecule has 5 heteroatoms. The van der Waals surface area contributed by atoms with Crippen molar-refractivity contribution in [2.75, 3.05) is 7.05 Å². The van der Waals surface area contributed by atoms with Crippen molar-refractivity contribution in [3.63, 3.8) is 0 Å². The van der Waals surface area contributed by atoms with Crippen LogP contribution in [-0.4, -0.2) is 7.05 Å². The molecule has 0 aliphatic carbocycles. The normalized spacial score (nSPS) is 12.7. The Morgan fingerprint density at radius 2 is 2.18 bits per heavy atom. The Balaban J connectivity index is 2.42. The van der Waals surface area contributed by atoms with Crippen molar-refractivity contribution >= 4 is 27.5 Å². The van der Waals surface area contributed by atoms with Gasteiger partial charge in [0.15, 0.2) is 0 Å². The molecule has 0 radical (unpaired) electrons. The van der Waals surface area contributed by atoms with Crippen LogP contribution >= 0.6 is 27.5 Å². The van der Waals surface area contributed by atoms with E-state index in [-0.39, 0.29) is 11.1 Å². The van der Waals surface area contributed by atoms with Crippen molar-refractivity contribution in [1.82, 2.24) is 5.32 Å². The highest BCUT2D eigenvalue weighted by Gasteiger charge is 2.19. The Morgan fingerprint density at radius 3 is 2.71 bits per heavy atom. The van der Waals surface area contributed by atoms with Crippen molar-refractivity contribution < 1.29 is 8.81 Å². The first kappa shape index (κ1) is 12.6. The molecule has 90 valence electrons. The van der Waals surface area contributed by atoms with Crippen LogP contribution in [0.4, 0.5) is 4.39 Å². The summed E-state index contributed by atoms with van der Waals surface area (Å²) in [5.74, 6) is 0.305. The van der Waals surface area contributed by atoms with Crippen LogP contribution in [0.25, 0.3) is 0 Å². The van der Waals surface area contributed by atoms with Crippen molar-refractivity contribution in [3.05, 3.63) is 57.2 Å². The van der Waals surface area contributed by atoms with E-state index < -0.39 is 5.82 Å². The van der Waals surface area contributed by atoms with Gasteiger partial charge in [0.2, 0.25) is 0 Å². The fraction of sp³-hybridized carbons (Fsp3) is 0.167. The third kappa shape index (κ3) is 2.54. The minimum Gasteiger partial charge on any atom is -0.466 e. The van der Waals surface area contributed by atoms with E-state index in [1.807, 2.05) is 6.07 Å². The second kappa shape index (κ2) is 5.21. The molecule has 0 aliphatic rings. The zero-order chi connectivity index (χ0) is 12.4. The quantitative estimate of drug-likeness (QED) is 0.920. The zero-order valence-corrected chi connectivity index (χ0v) is 11.3. The second-order valence-electron chi connectivity index (χ2n) is 3.53. The maximum absolute atomic E-state index is 13.1. The van der Waals surface area contributed by atoms with Gasteiger partial charge in [-0.25, -0.2) is 4.39 Å². The summed E-state index contributed by atoms with van der Waals surface area (Å²) in [6, 6.07) is 6.26. The molecule has 1 unspecified atom stereocenters. The Labute approximate surface area is 112 Å². The van der Waals surface area contributed by atoms with Crippen LogP contribution in [-0.2, 0) is 0 Å². The molecule has 1 aromatic carbocycles. The lowest BCUT2D eigenvalue weighted by Crippen LogP contribution is -2.17. The Bertz CT molecular complexity index is 529. The number of halogens is 3. The fourth-order valence-electron chi connectivity index (χ4n) is 1.65. The van der Waals surface area contributed by atoms with Gasteiger partial charge in [0.1, 0.15) is 11.6 Å². The van der Waals surface area contributed by atoms with Crippen molar-refractivity contribution in [3.8, 4) is 0 Å². The molecule has 17 heavy (non-hydrogen) atoms. The first-order valence-electron chi connectivity index (χ1n) is 4.98. The average molecular weight is 319 g/mol. The minimum absolute atomic E-state index is 0.102. The van der Waals surface area contributed by atoms with E-state index in [9.17, 15) is 4.39 Å². The van der Waals surface area contributed by atoms with Gasteiger partial charge in [-0.3, -0.25) is 0 Å². The van der Waals surface area contributed by atoms with Crippen LogP contribution in [0.2, 0.25) is 5.02 Å². The van der Waals surface area contributed by atoms with Crippen LogP contribution < -0.4 is 5.32 Å². The number of furan rings is 1. The van der Waals surface area contributed by atoms with Gasteiger partial charge >= 0.3 is 0 Å². The topological polar surface area (TPSA) is 25.2 Å². The minimum atomic E-state index is -0.427. The highest BCUT2D eigenvalue weighted by atomic mass is 79.9. The van der Waals surface area contributed by atoms with E-state index >= 15 is 0 Å². The SMILES string of the molecule is CNC(c1ccc(F)c(Cl)c1)c1occc1Br. The Hall–Kier alpha value is -0.840. The summed E-state index contributed by atoms with van der Waals surface area (Å²) in [6.45, 7) is 0. The molecule has 0 fully saturated rings. The molecule has 1 atom stereocenters. The van der Waals surface area contributed by atoms with Gasteiger partial charge in [-0.15, -0.1) is 0 Å². The maximum atomic E-state index is 13.1. The number of hydrogen-bond donors (Lipinski definition) is 1. The predicted molar refractivity (Wildman–Crippen MR) is 68.7 cm³/mol. The number of hydrogen-bond acceptors (Lipinski definition) is 2. The van der Waals surface area contributed by atoms with Crippen LogP contribution in [0.5, 0.6) is 0 Å². The summed E-state index contributed by atoms with van der Waals surface area (Å²) >= 11 is 9.17. The summed E-state index contributed by atoms with van der Waals surface area (Å²) in [5.41, 5.74) is 0.842. The van der Waals surface area contributed by atoms with Crippen LogP contribution in [0.15, 0.2) is 39.4 Å². The monoisotopic (exact) mass is 317 g/mol. The molecule has 0 amide bonds. The van der Waals surface area contributed by atoms with E-state index in [4.69, 9.17) is 16.0 Å². The predicted octanol–water partition coefficient (Wildman–Crippen LogP) is 4.14. The molecule has 1 heterocycles. The first-order valence-corrected chi connectivity index (χ1v) is 6.15. The second-order valence-corrected chi connectivity index (χ2v) is 4.79. The summed E-state index contributed by atoms with van der Waals surface area (Å²) < 4.78 is 19.4. The number of rotatable bonds is 3. The lowest BCUT2D eigenvalue weighted by atomic mass is 10.0. The third-order valence-electron chi connectivity index (χ3n) is 2.47. The zero-order valence-electron chi connectivity index (χ0n) is 9.01. The van der Waals surface area contributed by atoms with Crippen LogP contribution in [0.1, 0.15) is 17.4 Å². The molecule has 1 aromatic heterocycles. The van der Waals surface area contributed by atoms with Crippen LogP contribution in [0, 0.1) is 5.82 Å². The molecule has 2 aromatic rings. The molecule has 0 bridgehead atoms. The summed E-state index contributed by atoms with van der Waals surface area (Å²) in [7, 11) is 1.80. The maximum Gasteiger partial charge on any atom is 0.141 e. The molecule has 2 rings (SSSR count). The molecular formula is C12H10BrClFNO.